The molecule has 5 heteroatoms. The standard InChI is InChI=1S/C13H16N4S/c1-8-16-12(7-18-8)13-15-6-9-10(14-2)4-3-5-11(9)17-13/h6-7,10,14H,3-5H2,1-2H3. The fraction of sp³-hybridized carbons (Fsp3) is 0.462. The molecule has 0 aliphatic heterocycles. The van der Waals surface area contributed by atoms with Gasteiger partial charge in [-0.1, -0.05) is 0 Å². The lowest BCUT2D eigenvalue weighted by atomic mass is 9.92. The maximum absolute atomic E-state index is 4.69. The van der Waals surface area contributed by atoms with Crippen molar-refractivity contribution in [1.29, 1.82) is 0 Å². The van der Waals surface area contributed by atoms with E-state index in [0.29, 0.717) is 6.04 Å². The average Bonchev–Trinajstić information content (AvgIpc) is 2.84. The monoisotopic (exact) mass is 260 g/mol. The Balaban J connectivity index is 2.00. The van der Waals surface area contributed by atoms with Gasteiger partial charge in [0.15, 0.2) is 5.82 Å². The Morgan fingerprint density at radius 3 is 3.00 bits per heavy atom. The number of rotatable bonds is 2. The lowest BCUT2D eigenvalue weighted by molar-refractivity contribution is 0.487. The molecule has 1 atom stereocenters. The highest BCUT2D eigenvalue weighted by Crippen LogP contribution is 2.29. The molecule has 1 aliphatic rings. The molecule has 1 aliphatic carbocycles. The van der Waals surface area contributed by atoms with E-state index in [-0.39, 0.29) is 0 Å². The molecule has 3 rings (SSSR count). The molecule has 0 aromatic carbocycles. The Morgan fingerprint density at radius 2 is 2.28 bits per heavy atom. The van der Waals surface area contributed by atoms with Crippen molar-refractivity contribution in [2.45, 2.75) is 32.2 Å². The number of nitrogens with zero attached hydrogens (tertiary/aromatic N) is 3. The lowest BCUT2D eigenvalue weighted by Gasteiger charge is -2.23. The van der Waals surface area contributed by atoms with Gasteiger partial charge in [0.25, 0.3) is 0 Å². The molecule has 0 bridgehead atoms. The number of aryl methyl sites for hydroxylation is 2. The minimum Gasteiger partial charge on any atom is -0.313 e. The van der Waals surface area contributed by atoms with E-state index in [0.717, 1.165) is 22.9 Å². The van der Waals surface area contributed by atoms with E-state index in [2.05, 4.69) is 20.3 Å². The maximum atomic E-state index is 4.69. The summed E-state index contributed by atoms with van der Waals surface area (Å²) in [4.78, 5) is 13.6. The summed E-state index contributed by atoms with van der Waals surface area (Å²) in [6, 6.07) is 0.403. The van der Waals surface area contributed by atoms with Crippen molar-refractivity contribution in [2.24, 2.45) is 0 Å². The van der Waals surface area contributed by atoms with Crippen LogP contribution in [0.15, 0.2) is 11.6 Å². The zero-order chi connectivity index (χ0) is 12.5. The van der Waals surface area contributed by atoms with Gasteiger partial charge in [-0.25, -0.2) is 15.0 Å². The number of hydrogen-bond donors (Lipinski definition) is 1. The second-order valence-corrected chi connectivity index (χ2v) is 5.64. The second-order valence-electron chi connectivity index (χ2n) is 4.58. The Bertz CT molecular complexity index is 564. The predicted octanol–water partition coefficient (Wildman–Crippen LogP) is 2.51. The van der Waals surface area contributed by atoms with Crippen molar-refractivity contribution < 1.29 is 0 Å². The molecule has 0 saturated carbocycles. The Kier molecular flexibility index (Phi) is 3.09. The van der Waals surface area contributed by atoms with Crippen LogP contribution in [0.3, 0.4) is 0 Å². The second kappa shape index (κ2) is 4.74. The van der Waals surface area contributed by atoms with Crippen LogP contribution in [0, 0.1) is 6.92 Å². The third-order valence-electron chi connectivity index (χ3n) is 3.38. The van der Waals surface area contributed by atoms with Crippen LogP contribution < -0.4 is 5.32 Å². The molecule has 2 aromatic heterocycles. The van der Waals surface area contributed by atoms with Gasteiger partial charge in [0.05, 0.1) is 5.01 Å². The molecule has 0 saturated heterocycles. The summed E-state index contributed by atoms with van der Waals surface area (Å²) in [5.74, 6) is 0.759. The first kappa shape index (κ1) is 11.7. The molecule has 18 heavy (non-hydrogen) atoms. The van der Waals surface area contributed by atoms with Gasteiger partial charge in [0, 0.05) is 28.9 Å². The SMILES string of the molecule is CNC1CCCc2nc(-c3csc(C)n3)ncc21. The number of aromatic nitrogens is 3. The minimum absolute atomic E-state index is 0.403. The summed E-state index contributed by atoms with van der Waals surface area (Å²) in [6.45, 7) is 2.00. The summed E-state index contributed by atoms with van der Waals surface area (Å²) in [6.07, 6.45) is 5.37. The lowest BCUT2D eigenvalue weighted by Crippen LogP contribution is -2.22. The molecule has 0 spiro atoms. The zero-order valence-corrected chi connectivity index (χ0v) is 11.4. The van der Waals surface area contributed by atoms with Gasteiger partial charge in [-0.2, -0.15) is 0 Å². The predicted molar refractivity (Wildman–Crippen MR) is 72.6 cm³/mol. The number of thiazole rings is 1. The first-order valence-electron chi connectivity index (χ1n) is 6.23. The molecule has 0 radical (unpaired) electrons. The van der Waals surface area contributed by atoms with Crippen molar-refractivity contribution in [3.63, 3.8) is 0 Å². The van der Waals surface area contributed by atoms with E-state index in [1.54, 1.807) is 11.3 Å². The maximum Gasteiger partial charge on any atom is 0.179 e. The Hall–Kier alpha value is -1.33. The molecule has 2 heterocycles. The third kappa shape index (κ3) is 2.04. The van der Waals surface area contributed by atoms with Gasteiger partial charge in [-0.3, -0.25) is 0 Å². The van der Waals surface area contributed by atoms with Crippen LogP contribution in [0.25, 0.3) is 11.5 Å². The van der Waals surface area contributed by atoms with E-state index in [9.17, 15) is 0 Å². The molecule has 2 aromatic rings. The molecular formula is C13H16N4S. The van der Waals surface area contributed by atoms with Crippen LogP contribution in [0.1, 0.15) is 35.1 Å². The van der Waals surface area contributed by atoms with E-state index in [1.807, 2.05) is 25.5 Å². The van der Waals surface area contributed by atoms with Crippen molar-refractivity contribution in [3.8, 4) is 11.5 Å². The summed E-state index contributed by atoms with van der Waals surface area (Å²) in [7, 11) is 2.00. The van der Waals surface area contributed by atoms with Crippen LogP contribution in [-0.4, -0.2) is 22.0 Å². The fourth-order valence-electron chi connectivity index (χ4n) is 2.44. The van der Waals surface area contributed by atoms with Gasteiger partial charge in [-0.05, 0) is 33.2 Å². The van der Waals surface area contributed by atoms with Crippen molar-refractivity contribution in [3.05, 3.63) is 27.8 Å². The topological polar surface area (TPSA) is 50.7 Å². The van der Waals surface area contributed by atoms with Gasteiger partial charge >= 0.3 is 0 Å². The molecule has 0 amide bonds. The van der Waals surface area contributed by atoms with Crippen LogP contribution >= 0.6 is 11.3 Å². The van der Waals surface area contributed by atoms with Crippen molar-refractivity contribution in [1.82, 2.24) is 20.3 Å². The first-order valence-corrected chi connectivity index (χ1v) is 7.11. The van der Waals surface area contributed by atoms with Gasteiger partial charge in [0.2, 0.25) is 0 Å². The Morgan fingerprint density at radius 1 is 1.39 bits per heavy atom. The highest BCUT2D eigenvalue weighted by atomic mass is 32.1. The number of nitrogens with one attached hydrogen (secondary N) is 1. The summed E-state index contributed by atoms with van der Waals surface area (Å²) in [5.41, 5.74) is 3.32. The average molecular weight is 260 g/mol. The van der Waals surface area contributed by atoms with E-state index < -0.39 is 0 Å². The normalized spacial score (nSPS) is 18.7. The molecule has 1 unspecified atom stereocenters. The van der Waals surface area contributed by atoms with Crippen molar-refractivity contribution >= 4 is 11.3 Å². The van der Waals surface area contributed by atoms with Gasteiger partial charge < -0.3 is 5.32 Å². The Labute approximate surface area is 111 Å². The zero-order valence-electron chi connectivity index (χ0n) is 10.6. The molecule has 4 nitrogen and oxygen atoms in total. The quantitative estimate of drug-likeness (QED) is 0.901. The minimum atomic E-state index is 0.403. The molecular weight excluding hydrogens is 244 g/mol. The highest BCUT2D eigenvalue weighted by molar-refractivity contribution is 7.09. The smallest absolute Gasteiger partial charge is 0.179 e. The summed E-state index contributed by atoms with van der Waals surface area (Å²) < 4.78 is 0. The molecule has 94 valence electrons. The van der Waals surface area contributed by atoms with Crippen LogP contribution in [0.4, 0.5) is 0 Å². The van der Waals surface area contributed by atoms with Crippen LogP contribution in [0.2, 0.25) is 0 Å². The highest BCUT2D eigenvalue weighted by Gasteiger charge is 2.21. The van der Waals surface area contributed by atoms with E-state index >= 15 is 0 Å². The summed E-state index contributed by atoms with van der Waals surface area (Å²) >= 11 is 1.64. The van der Waals surface area contributed by atoms with Gasteiger partial charge in [-0.15, -0.1) is 11.3 Å². The van der Waals surface area contributed by atoms with Crippen LogP contribution in [0.5, 0.6) is 0 Å². The fourth-order valence-corrected chi connectivity index (χ4v) is 3.03. The van der Waals surface area contributed by atoms with E-state index in [4.69, 9.17) is 0 Å². The largest absolute Gasteiger partial charge is 0.313 e. The van der Waals surface area contributed by atoms with E-state index in [1.165, 1.54) is 24.1 Å². The molecule has 1 N–H and O–H groups in total. The van der Waals surface area contributed by atoms with Crippen molar-refractivity contribution in [2.75, 3.05) is 7.05 Å². The number of hydrogen-bond acceptors (Lipinski definition) is 5. The third-order valence-corrected chi connectivity index (χ3v) is 4.15. The first-order chi connectivity index (χ1) is 8.78. The molecule has 0 fully saturated rings. The van der Waals surface area contributed by atoms with Crippen LogP contribution in [-0.2, 0) is 6.42 Å². The number of fused-ring (bicyclic) bond motifs is 1. The summed E-state index contributed by atoms with van der Waals surface area (Å²) in [5, 5.41) is 6.41. The van der Waals surface area contributed by atoms with Gasteiger partial charge in [0.1, 0.15) is 5.69 Å².